The molecule has 2 aliphatic rings. The smallest absolute Gasteiger partial charge is 0.261 e. The quantitative estimate of drug-likeness (QED) is 0.759. The highest BCUT2D eigenvalue weighted by Gasteiger charge is 2.40. The number of benzene rings is 2. The summed E-state index contributed by atoms with van der Waals surface area (Å²) in [5, 5.41) is 2.79. The Bertz CT molecular complexity index is 1010. The minimum atomic E-state index is -0.391. The zero-order valence-electron chi connectivity index (χ0n) is 17.1. The van der Waals surface area contributed by atoms with Crippen LogP contribution in [0, 0.1) is 0 Å². The van der Waals surface area contributed by atoms with Crippen LogP contribution in [0.5, 0.6) is 11.5 Å². The number of fused-ring (bicyclic) bond motifs is 1. The molecule has 4 rings (SSSR count). The summed E-state index contributed by atoms with van der Waals surface area (Å²) in [6.45, 7) is 0. The van der Waals surface area contributed by atoms with E-state index in [1.807, 2.05) is 0 Å². The first kappa shape index (κ1) is 19.9. The average Bonchev–Trinajstić information content (AvgIpc) is 3.04. The zero-order chi connectivity index (χ0) is 21.3. The van der Waals surface area contributed by atoms with Gasteiger partial charge in [-0.05, 0) is 43.2 Å². The molecule has 0 aromatic heterocycles. The van der Waals surface area contributed by atoms with Gasteiger partial charge in [0, 0.05) is 17.7 Å². The summed E-state index contributed by atoms with van der Waals surface area (Å²) < 4.78 is 10.5. The predicted octanol–water partition coefficient (Wildman–Crippen LogP) is 3.88. The minimum absolute atomic E-state index is 0.0491. The van der Waals surface area contributed by atoms with E-state index in [0.29, 0.717) is 33.9 Å². The van der Waals surface area contributed by atoms with Crippen LogP contribution in [-0.2, 0) is 0 Å². The third-order valence-corrected chi connectivity index (χ3v) is 5.78. The molecule has 7 nitrogen and oxygen atoms in total. The molecule has 0 spiro atoms. The maximum absolute atomic E-state index is 13.0. The van der Waals surface area contributed by atoms with Gasteiger partial charge in [-0.15, -0.1) is 0 Å². The van der Waals surface area contributed by atoms with Gasteiger partial charge in [-0.1, -0.05) is 19.3 Å². The van der Waals surface area contributed by atoms with Gasteiger partial charge in [-0.2, -0.15) is 0 Å². The van der Waals surface area contributed by atoms with Crippen LogP contribution in [0.3, 0.4) is 0 Å². The molecule has 156 valence electrons. The molecule has 0 unspecified atom stereocenters. The number of carbonyl (C=O) groups is 3. The Morgan fingerprint density at radius 2 is 1.67 bits per heavy atom. The first-order valence-electron chi connectivity index (χ1n) is 10.1. The van der Waals surface area contributed by atoms with Crippen molar-refractivity contribution in [2.45, 2.75) is 38.1 Å². The molecular formula is C23H24N2O5. The largest absolute Gasteiger partial charge is 0.497 e. The Balaban J connectivity index is 1.57. The van der Waals surface area contributed by atoms with Crippen LogP contribution >= 0.6 is 0 Å². The minimum Gasteiger partial charge on any atom is -0.497 e. The van der Waals surface area contributed by atoms with E-state index in [1.165, 1.54) is 18.1 Å². The van der Waals surface area contributed by atoms with E-state index in [9.17, 15) is 14.4 Å². The number of ether oxygens (including phenoxy) is 2. The van der Waals surface area contributed by atoms with Gasteiger partial charge < -0.3 is 14.8 Å². The van der Waals surface area contributed by atoms with Gasteiger partial charge in [-0.25, -0.2) is 0 Å². The summed E-state index contributed by atoms with van der Waals surface area (Å²) in [6, 6.07) is 9.66. The Labute approximate surface area is 175 Å². The Morgan fingerprint density at radius 1 is 0.933 bits per heavy atom. The van der Waals surface area contributed by atoms with Crippen molar-refractivity contribution in [2.24, 2.45) is 0 Å². The van der Waals surface area contributed by atoms with Gasteiger partial charge >= 0.3 is 0 Å². The van der Waals surface area contributed by atoms with Crippen LogP contribution in [-0.4, -0.2) is 42.9 Å². The van der Waals surface area contributed by atoms with E-state index < -0.39 is 5.91 Å². The van der Waals surface area contributed by atoms with Gasteiger partial charge in [0.25, 0.3) is 17.7 Å². The van der Waals surface area contributed by atoms with Crippen molar-refractivity contribution >= 4 is 23.4 Å². The lowest BCUT2D eigenvalue weighted by atomic mass is 9.94. The molecule has 1 aliphatic carbocycles. The van der Waals surface area contributed by atoms with Crippen molar-refractivity contribution in [3.8, 4) is 11.5 Å². The highest BCUT2D eigenvalue weighted by Crippen LogP contribution is 2.32. The fourth-order valence-corrected chi connectivity index (χ4v) is 4.17. The normalized spacial score (nSPS) is 16.4. The standard InChI is InChI=1S/C23H24N2O5/c1-29-16-9-11-19(20(13-16)30-2)24-21(26)14-8-10-17-18(12-14)23(28)25(22(17)27)15-6-4-3-5-7-15/h8-13,15H,3-7H2,1-2H3,(H,24,26). The number of hydrogen-bond acceptors (Lipinski definition) is 5. The van der Waals surface area contributed by atoms with Crippen LogP contribution in [0.25, 0.3) is 0 Å². The zero-order valence-corrected chi connectivity index (χ0v) is 17.1. The molecule has 0 radical (unpaired) electrons. The summed E-state index contributed by atoms with van der Waals surface area (Å²) in [7, 11) is 3.05. The van der Waals surface area contributed by atoms with Crippen molar-refractivity contribution < 1.29 is 23.9 Å². The molecule has 30 heavy (non-hydrogen) atoms. The molecule has 1 N–H and O–H groups in total. The van der Waals surface area contributed by atoms with Gasteiger partial charge in [0.2, 0.25) is 0 Å². The summed E-state index contributed by atoms with van der Waals surface area (Å²) in [5.41, 5.74) is 1.44. The highest BCUT2D eigenvalue weighted by atomic mass is 16.5. The lowest BCUT2D eigenvalue weighted by molar-refractivity contribution is 0.0549. The van der Waals surface area contributed by atoms with Gasteiger partial charge in [0.1, 0.15) is 11.5 Å². The number of rotatable bonds is 5. The van der Waals surface area contributed by atoms with Gasteiger partial charge in [0.05, 0.1) is 31.0 Å². The van der Waals surface area contributed by atoms with E-state index in [1.54, 1.807) is 37.4 Å². The molecular weight excluding hydrogens is 384 g/mol. The molecule has 1 saturated carbocycles. The monoisotopic (exact) mass is 408 g/mol. The lowest BCUT2D eigenvalue weighted by Gasteiger charge is -2.29. The molecule has 1 fully saturated rings. The number of amides is 3. The molecule has 0 atom stereocenters. The van der Waals surface area contributed by atoms with Crippen molar-refractivity contribution in [2.75, 3.05) is 19.5 Å². The van der Waals surface area contributed by atoms with Crippen molar-refractivity contribution in [3.63, 3.8) is 0 Å². The van der Waals surface area contributed by atoms with Gasteiger partial charge in [-0.3, -0.25) is 19.3 Å². The number of methoxy groups -OCH3 is 2. The lowest BCUT2D eigenvalue weighted by Crippen LogP contribution is -2.40. The Morgan fingerprint density at radius 3 is 2.37 bits per heavy atom. The second-order valence-corrected chi connectivity index (χ2v) is 7.55. The van der Waals surface area contributed by atoms with Crippen LogP contribution in [0.4, 0.5) is 5.69 Å². The molecule has 3 amide bonds. The molecule has 0 bridgehead atoms. The number of anilines is 1. The summed E-state index contributed by atoms with van der Waals surface area (Å²) in [6.07, 6.45) is 4.87. The summed E-state index contributed by atoms with van der Waals surface area (Å²) in [4.78, 5) is 39.9. The fourth-order valence-electron chi connectivity index (χ4n) is 4.17. The first-order chi connectivity index (χ1) is 14.5. The Kier molecular flexibility index (Phi) is 5.44. The highest BCUT2D eigenvalue weighted by molar-refractivity contribution is 6.22. The Hall–Kier alpha value is -3.35. The number of nitrogens with zero attached hydrogens (tertiary/aromatic N) is 1. The molecule has 7 heteroatoms. The summed E-state index contributed by atoms with van der Waals surface area (Å²) >= 11 is 0. The number of nitrogens with one attached hydrogen (secondary N) is 1. The van der Waals surface area contributed by atoms with Crippen molar-refractivity contribution in [3.05, 3.63) is 53.1 Å². The maximum atomic E-state index is 13.0. The average molecular weight is 408 g/mol. The molecule has 2 aromatic carbocycles. The number of carbonyl (C=O) groups excluding carboxylic acids is 3. The second kappa shape index (κ2) is 8.18. The third kappa shape index (κ3) is 3.51. The van der Waals surface area contributed by atoms with Crippen LogP contribution in [0.15, 0.2) is 36.4 Å². The SMILES string of the molecule is COc1ccc(NC(=O)c2ccc3c(c2)C(=O)N(C2CCCCC2)C3=O)c(OC)c1. The molecule has 0 saturated heterocycles. The van der Waals surface area contributed by atoms with Crippen molar-refractivity contribution in [1.82, 2.24) is 4.90 Å². The maximum Gasteiger partial charge on any atom is 0.261 e. The van der Waals surface area contributed by atoms with Crippen LogP contribution < -0.4 is 14.8 Å². The van der Waals surface area contributed by atoms with E-state index in [0.717, 1.165) is 32.1 Å². The van der Waals surface area contributed by atoms with E-state index in [4.69, 9.17) is 9.47 Å². The second-order valence-electron chi connectivity index (χ2n) is 7.55. The van der Waals surface area contributed by atoms with E-state index >= 15 is 0 Å². The van der Waals surface area contributed by atoms with Crippen LogP contribution in [0.2, 0.25) is 0 Å². The number of imide groups is 1. The number of hydrogen-bond donors (Lipinski definition) is 1. The first-order valence-corrected chi connectivity index (χ1v) is 10.1. The van der Waals surface area contributed by atoms with E-state index in [-0.39, 0.29) is 17.9 Å². The van der Waals surface area contributed by atoms with Gasteiger partial charge in [0.15, 0.2) is 0 Å². The fraction of sp³-hybridized carbons (Fsp3) is 0.348. The molecule has 2 aromatic rings. The molecule has 1 aliphatic heterocycles. The predicted molar refractivity (Wildman–Crippen MR) is 111 cm³/mol. The topological polar surface area (TPSA) is 84.9 Å². The summed E-state index contributed by atoms with van der Waals surface area (Å²) in [5.74, 6) is 0.106. The van der Waals surface area contributed by atoms with Crippen LogP contribution in [0.1, 0.15) is 63.2 Å². The molecule has 1 heterocycles. The third-order valence-electron chi connectivity index (χ3n) is 5.78. The van der Waals surface area contributed by atoms with Crippen molar-refractivity contribution in [1.29, 1.82) is 0 Å². The van der Waals surface area contributed by atoms with E-state index in [2.05, 4.69) is 5.32 Å².